The van der Waals surface area contributed by atoms with E-state index >= 15 is 0 Å². The first kappa shape index (κ1) is 19.1. The molecule has 0 saturated carbocycles. The van der Waals surface area contributed by atoms with Crippen molar-refractivity contribution >= 4 is 28.6 Å². The summed E-state index contributed by atoms with van der Waals surface area (Å²) >= 11 is 1.48. The lowest BCUT2D eigenvalue weighted by molar-refractivity contribution is 0.216. The number of nitrogens with zero attached hydrogens (tertiary/aromatic N) is 3. The zero-order chi connectivity index (χ0) is 17.2. The molecule has 0 radical (unpaired) electrons. The van der Waals surface area contributed by atoms with Crippen LogP contribution in [0.25, 0.3) is 6.08 Å². The van der Waals surface area contributed by atoms with Crippen molar-refractivity contribution in [3.8, 4) is 0 Å². The molecule has 1 fully saturated rings. The number of carbonyl (C=O) groups is 1. The molecule has 0 bridgehead atoms. The Kier molecular flexibility index (Phi) is 8.29. The monoisotopic (exact) mass is 334 g/mol. The molecule has 2 N–H and O–H groups in total. The van der Waals surface area contributed by atoms with Gasteiger partial charge in [-0.15, -0.1) is 0 Å². The number of rotatable bonds is 4. The second-order valence-electron chi connectivity index (χ2n) is 4.86. The molecule has 1 atom stereocenters. The average Bonchev–Trinajstić information content (AvgIpc) is 3.21. The summed E-state index contributed by atoms with van der Waals surface area (Å²) in [6, 6.07) is 0.0492. The van der Waals surface area contributed by atoms with Crippen LogP contribution in [0, 0.1) is 0 Å². The van der Waals surface area contributed by atoms with Crippen molar-refractivity contribution in [3.63, 3.8) is 0 Å². The molecular weight excluding hydrogens is 308 g/mol. The Balaban J connectivity index is 0.00000127. The van der Waals surface area contributed by atoms with Gasteiger partial charge in [-0.3, -0.25) is 4.90 Å². The van der Waals surface area contributed by atoms with Gasteiger partial charge in [0.1, 0.15) is 0 Å². The van der Waals surface area contributed by atoms with Gasteiger partial charge in [-0.2, -0.15) is 0 Å². The Hall–Kier alpha value is -1.92. The fourth-order valence-corrected chi connectivity index (χ4v) is 2.84. The second-order valence-corrected chi connectivity index (χ2v) is 5.90. The van der Waals surface area contributed by atoms with Crippen LogP contribution in [0.1, 0.15) is 25.1 Å². The molecular formula is C17H26N4OS. The summed E-state index contributed by atoms with van der Waals surface area (Å²) in [5.41, 5.74) is 5.84. The number of likely N-dealkylation sites (tertiary alicyclic amines) is 1. The first-order valence-electron chi connectivity index (χ1n) is 7.81. The number of urea groups is 1. The van der Waals surface area contributed by atoms with Crippen LogP contribution < -0.4 is 10.6 Å². The molecule has 1 unspecified atom stereocenters. The summed E-state index contributed by atoms with van der Waals surface area (Å²) in [5, 5.41) is 0.688. The van der Waals surface area contributed by atoms with E-state index < -0.39 is 0 Å². The third-order valence-corrected chi connectivity index (χ3v) is 4.24. The van der Waals surface area contributed by atoms with Crippen LogP contribution in [-0.2, 0) is 0 Å². The number of anilines is 1. The van der Waals surface area contributed by atoms with Gasteiger partial charge in [-0.05, 0) is 12.5 Å². The second kappa shape index (κ2) is 9.97. The van der Waals surface area contributed by atoms with Gasteiger partial charge in [-0.25, -0.2) is 9.78 Å². The maximum absolute atomic E-state index is 12.3. The Morgan fingerprint density at radius 1 is 1.48 bits per heavy atom. The van der Waals surface area contributed by atoms with E-state index in [0.29, 0.717) is 11.7 Å². The van der Waals surface area contributed by atoms with Gasteiger partial charge >= 0.3 is 6.03 Å². The number of aromatic nitrogens is 1. The third kappa shape index (κ3) is 5.65. The molecule has 2 rings (SSSR count). The topological polar surface area (TPSA) is 62.5 Å². The molecule has 1 aliphatic heterocycles. The fraction of sp³-hybridized carbons (Fsp3) is 0.412. The molecule has 23 heavy (non-hydrogen) atoms. The van der Waals surface area contributed by atoms with Crippen LogP contribution in [0.3, 0.4) is 0 Å². The van der Waals surface area contributed by atoms with Crippen LogP contribution in [0.2, 0.25) is 0 Å². The molecule has 6 heteroatoms. The van der Waals surface area contributed by atoms with E-state index in [2.05, 4.69) is 11.6 Å². The Labute approximate surface area is 142 Å². The summed E-state index contributed by atoms with van der Waals surface area (Å²) in [5.74, 6) is 0. The highest BCUT2D eigenvalue weighted by molar-refractivity contribution is 7.16. The largest absolute Gasteiger partial charge is 0.326 e. The summed E-state index contributed by atoms with van der Waals surface area (Å²) in [7, 11) is 1.75. The van der Waals surface area contributed by atoms with E-state index in [0.717, 1.165) is 17.8 Å². The van der Waals surface area contributed by atoms with Crippen LogP contribution in [0.15, 0.2) is 37.1 Å². The molecule has 5 nitrogen and oxygen atoms in total. The van der Waals surface area contributed by atoms with E-state index in [1.54, 1.807) is 29.1 Å². The molecule has 0 aromatic carbocycles. The van der Waals surface area contributed by atoms with Crippen LogP contribution in [0.5, 0.6) is 0 Å². The zero-order valence-electron chi connectivity index (χ0n) is 14.1. The van der Waals surface area contributed by atoms with Gasteiger partial charge < -0.3 is 10.6 Å². The number of thiazole rings is 1. The van der Waals surface area contributed by atoms with Gasteiger partial charge in [-0.1, -0.05) is 56.1 Å². The third-order valence-electron chi connectivity index (χ3n) is 3.20. The Bertz CT molecular complexity index is 565. The van der Waals surface area contributed by atoms with Crippen molar-refractivity contribution in [2.24, 2.45) is 5.73 Å². The number of carbonyl (C=O) groups excluding carboxylic acids is 1. The van der Waals surface area contributed by atoms with Gasteiger partial charge in [0.2, 0.25) is 0 Å². The molecule has 126 valence electrons. The van der Waals surface area contributed by atoms with Crippen molar-refractivity contribution in [1.82, 2.24) is 9.88 Å². The van der Waals surface area contributed by atoms with Gasteiger partial charge in [0.25, 0.3) is 0 Å². The lowest BCUT2D eigenvalue weighted by Gasteiger charge is -2.22. The van der Waals surface area contributed by atoms with Gasteiger partial charge in [0, 0.05) is 37.3 Å². The molecule has 0 aliphatic carbocycles. The van der Waals surface area contributed by atoms with E-state index in [1.165, 1.54) is 11.3 Å². The van der Waals surface area contributed by atoms with Crippen LogP contribution >= 0.6 is 11.3 Å². The minimum absolute atomic E-state index is 0.0422. The van der Waals surface area contributed by atoms with E-state index in [1.807, 2.05) is 38.2 Å². The number of nitrogens with two attached hydrogens (primary N) is 1. The highest BCUT2D eigenvalue weighted by Crippen LogP contribution is 2.24. The highest BCUT2D eigenvalue weighted by Gasteiger charge is 2.27. The van der Waals surface area contributed by atoms with Crippen molar-refractivity contribution in [2.45, 2.75) is 26.3 Å². The molecule has 2 amide bonds. The van der Waals surface area contributed by atoms with Crippen molar-refractivity contribution in [3.05, 3.63) is 42.0 Å². The average molecular weight is 334 g/mol. The Morgan fingerprint density at radius 3 is 2.83 bits per heavy atom. The summed E-state index contributed by atoms with van der Waals surface area (Å²) in [4.78, 5) is 21.0. The standard InChI is InChI=1S/C15H20N4OS.C2H6/c1-3-4-5-6-7-13-10-17-14(21-13)18(2)15(20)19-9-8-12(16)11-19;1-2/h3-7,10,12H,1,8-9,11,16H2,2H3;1-2H3/b5-4-,7-6+;. The molecule has 1 aliphatic rings. The summed E-state index contributed by atoms with van der Waals surface area (Å²) in [6.07, 6.45) is 12.0. The molecule has 1 aromatic rings. The molecule has 2 heterocycles. The minimum Gasteiger partial charge on any atom is -0.326 e. The lowest BCUT2D eigenvalue weighted by Crippen LogP contribution is -2.41. The first-order chi connectivity index (χ1) is 11.1. The highest BCUT2D eigenvalue weighted by atomic mass is 32.1. The SMILES string of the molecule is C=C/C=C\C=C\c1cnc(N(C)C(=O)N2CCC(N)C2)s1.CC. The molecule has 1 saturated heterocycles. The van der Waals surface area contributed by atoms with E-state index in [4.69, 9.17) is 5.73 Å². The predicted octanol–water partition coefficient (Wildman–Crippen LogP) is 3.51. The number of hydrogen-bond donors (Lipinski definition) is 1. The van der Waals surface area contributed by atoms with Gasteiger partial charge in [0.05, 0.1) is 0 Å². The molecule has 1 aromatic heterocycles. The van der Waals surface area contributed by atoms with Crippen LogP contribution in [0.4, 0.5) is 9.93 Å². The quantitative estimate of drug-likeness (QED) is 0.857. The summed E-state index contributed by atoms with van der Waals surface area (Å²) in [6.45, 7) is 8.94. The van der Waals surface area contributed by atoms with Crippen LogP contribution in [-0.4, -0.2) is 42.1 Å². The smallest absolute Gasteiger partial charge is 0.326 e. The van der Waals surface area contributed by atoms with E-state index in [9.17, 15) is 4.79 Å². The maximum atomic E-state index is 12.3. The Morgan fingerprint density at radius 2 is 2.22 bits per heavy atom. The molecule has 0 spiro atoms. The summed E-state index contributed by atoms with van der Waals surface area (Å²) < 4.78 is 0. The fourth-order valence-electron chi connectivity index (χ4n) is 2.06. The number of hydrogen-bond acceptors (Lipinski definition) is 4. The van der Waals surface area contributed by atoms with Crippen molar-refractivity contribution in [2.75, 3.05) is 25.0 Å². The van der Waals surface area contributed by atoms with Crippen molar-refractivity contribution in [1.29, 1.82) is 0 Å². The lowest BCUT2D eigenvalue weighted by atomic mass is 10.3. The van der Waals surface area contributed by atoms with Crippen molar-refractivity contribution < 1.29 is 4.79 Å². The first-order valence-corrected chi connectivity index (χ1v) is 8.63. The number of amides is 2. The normalized spacial score (nSPS) is 17.4. The maximum Gasteiger partial charge on any atom is 0.326 e. The predicted molar refractivity (Wildman–Crippen MR) is 99.8 cm³/mol. The number of allylic oxidation sites excluding steroid dienone is 4. The van der Waals surface area contributed by atoms with Gasteiger partial charge in [0.15, 0.2) is 5.13 Å². The van der Waals surface area contributed by atoms with E-state index in [-0.39, 0.29) is 12.1 Å². The minimum atomic E-state index is -0.0422. The zero-order valence-corrected chi connectivity index (χ0v) is 14.9.